The second kappa shape index (κ2) is 8.56. The van der Waals surface area contributed by atoms with Crippen LogP contribution in [0.1, 0.15) is 33.1 Å². The largest absolute Gasteiger partial charge is 0.511 e. The van der Waals surface area contributed by atoms with Crippen LogP contribution in [0.15, 0.2) is 11.3 Å². The summed E-state index contributed by atoms with van der Waals surface area (Å²) in [5.74, 6) is -0.784. The molecule has 1 rings (SSSR count). The molecule has 1 aliphatic rings. The minimum absolute atomic E-state index is 0.0400. The van der Waals surface area contributed by atoms with Crippen molar-refractivity contribution in [1.82, 2.24) is 10.6 Å². The first-order chi connectivity index (χ1) is 9.60. The highest BCUT2D eigenvalue weighted by atomic mass is 16.5. The van der Waals surface area contributed by atoms with E-state index in [-0.39, 0.29) is 23.4 Å². The molecule has 3 N–H and O–H groups in total. The van der Waals surface area contributed by atoms with E-state index >= 15 is 0 Å². The number of allylic oxidation sites excluding steroid dienone is 1. The molecule has 6 nitrogen and oxygen atoms in total. The fourth-order valence-corrected chi connectivity index (χ4v) is 2.18. The minimum Gasteiger partial charge on any atom is -0.511 e. The average Bonchev–Trinajstić information content (AvgIpc) is 2.44. The van der Waals surface area contributed by atoms with Gasteiger partial charge in [-0.05, 0) is 13.3 Å². The van der Waals surface area contributed by atoms with E-state index in [0.29, 0.717) is 13.2 Å². The number of unbranched alkanes of at least 4 members (excludes halogenated alkanes) is 1. The third kappa shape index (κ3) is 4.83. The molecule has 2 atom stereocenters. The van der Waals surface area contributed by atoms with Gasteiger partial charge in [-0.15, -0.1) is 0 Å². The molecule has 0 radical (unpaired) electrons. The Morgan fingerprint density at radius 3 is 2.90 bits per heavy atom. The Hall–Kier alpha value is -1.58. The van der Waals surface area contributed by atoms with E-state index in [9.17, 15) is 9.90 Å². The van der Waals surface area contributed by atoms with Crippen molar-refractivity contribution in [2.75, 3.05) is 19.8 Å². The lowest BCUT2D eigenvalue weighted by Crippen LogP contribution is -2.55. The number of rotatable bonds is 6. The number of nitrogens with zero attached hydrogens (tertiary/aromatic N) is 1. The molecule has 20 heavy (non-hydrogen) atoms. The van der Waals surface area contributed by atoms with Gasteiger partial charge in [-0.1, -0.05) is 19.8 Å². The van der Waals surface area contributed by atoms with Gasteiger partial charge in [0.25, 0.3) is 5.91 Å². The number of carbonyl (C=O) groups is 1. The number of ether oxygens (including phenoxy) is 1. The fraction of sp³-hybridized carbons (Fsp3) is 0.714. The lowest BCUT2D eigenvalue weighted by Gasteiger charge is -2.32. The van der Waals surface area contributed by atoms with Crippen molar-refractivity contribution in [2.24, 2.45) is 0 Å². The van der Waals surface area contributed by atoms with Gasteiger partial charge in [-0.2, -0.15) is 5.26 Å². The van der Waals surface area contributed by atoms with E-state index < -0.39 is 5.91 Å². The fourth-order valence-electron chi connectivity index (χ4n) is 2.18. The molecule has 0 bridgehead atoms. The third-order valence-corrected chi connectivity index (χ3v) is 3.32. The summed E-state index contributed by atoms with van der Waals surface area (Å²) >= 11 is 0. The molecule has 1 saturated heterocycles. The minimum atomic E-state index is -0.527. The Labute approximate surface area is 119 Å². The normalized spacial score (nSPS) is 21.6. The SMILES string of the molecule is CCCCC(NC(=O)/C(C#N)=C(/C)O)C1COCCN1. The van der Waals surface area contributed by atoms with Crippen molar-refractivity contribution in [3.05, 3.63) is 11.3 Å². The lowest BCUT2D eigenvalue weighted by atomic mass is 10.0. The number of amides is 1. The summed E-state index contributed by atoms with van der Waals surface area (Å²) in [7, 11) is 0. The quantitative estimate of drug-likeness (QED) is 0.384. The van der Waals surface area contributed by atoms with E-state index in [1.54, 1.807) is 6.07 Å². The van der Waals surface area contributed by atoms with Gasteiger partial charge in [0.1, 0.15) is 11.8 Å². The molecule has 0 aliphatic carbocycles. The van der Waals surface area contributed by atoms with Crippen LogP contribution < -0.4 is 10.6 Å². The standard InChI is InChI=1S/C14H23N3O3/c1-3-4-5-12(13-9-20-7-6-16-13)17-14(19)11(8-15)10(2)18/h12-13,16,18H,3-7,9H2,1-2H3,(H,17,19)/b11-10-. The Morgan fingerprint density at radius 2 is 2.40 bits per heavy atom. The molecule has 0 saturated carbocycles. The van der Waals surface area contributed by atoms with Crippen molar-refractivity contribution in [3.63, 3.8) is 0 Å². The van der Waals surface area contributed by atoms with E-state index in [1.165, 1.54) is 6.92 Å². The van der Waals surface area contributed by atoms with E-state index in [4.69, 9.17) is 10.00 Å². The van der Waals surface area contributed by atoms with Crippen LogP contribution in [0.2, 0.25) is 0 Å². The number of aliphatic hydroxyl groups excluding tert-OH is 1. The van der Waals surface area contributed by atoms with Crippen LogP contribution in [0.5, 0.6) is 0 Å². The molecule has 2 unspecified atom stereocenters. The molecule has 0 spiro atoms. The zero-order valence-corrected chi connectivity index (χ0v) is 12.1. The number of nitriles is 1. The van der Waals surface area contributed by atoms with Crippen LogP contribution in [-0.4, -0.2) is 42.9 Å². The number of hydrogen-bond acceptors (Lipinski definition) is 5. The molecular weight excluding hydrogens is 258 g/mol. The molecule has 1 fully saturated rings. The van der Waals surface area contributed by atoms with Crippen molar-refractivity contribution in [2.45, 2.75) is 45.2 Å². The van der Waals surface area contributed by atoms with Gasteiger partial charge < -0.3 is 20.5 Å². The van der Waals surface area contributed by atoms with Gasteiger partial charge in [0.2, 0.25) is 0 Å². The summed E-state index contributed by atoms with van der Waals surface area (Å²) in [6.45, 7) is 5.38. The summed E-state index contributed by atoms with van der Waals surface area (Å²) in [5, 5.41) is 24.4. The predicted molar refractivity (Wildman–Crippen MR) is 75.0 cm³/mol. The molecule has 0 aromatic carbocycles. The van der Waals surface area contributed by atoms with Gasteiger partial charge >= 0.3 is 0 Å². The molecular formula is C14H23N3O3. The second-order valence-corrected chi connectivity index (χ2v) is 4.93. The molecule has 0 aromatic heterocycles. The van der Waals surface area contributed by atoms with Crippen molar-refractivity contribution in [1.29, 1.82) is 5.26 Å². The molecule has 112 valence electrons. The number of carbonyl (C=O) groups excluding carboxylic acids is 1. The van der Waals surface area contributed by atoms with Crippen molar-refractivity contribution < 1.29 is 14.6 Å². The molecule has 1 aliphatic heterocycles. The average molecular weight is 281 g/mol. The van der Waals surface area contributed by atoms with Gasteiger partial charge in [-0.3, -0.25) is 4.79 Å². The zero-order valence-electron chi connectivity index (χ0n) is 12.1. The highest BCUT2D eigenvalue weighted by molar-refractivity contribution is 5.97. The maximum atomic E-state index is 12.0. The first kappa shape index (κ1) is 16.5. The van der Waals surface area contributed by atoms with Crippen LogP contribution in [0.25, 0.3) is 0 Å². The van der Waals surface area contributed by atoms with Gasteiger partial charge in [0.15, 0.2) is 5.57 Å². The smallest absolute Gasteiger partial charge is 0.265 e. The molecule has 0 aromatic rings. The highest BCUT2D eigenvalue weighted by Crippen LogP contribution is 2.10. The van der Waals surface area contributed by atoms with Crippen LogP contribution in [0.4, 0.5) is 0 Å². The maximum Gasteiger partial charge on any atom is 0.265 e. The van der Waals surface area contributed by atoms with E-state index in [0.717, 1.165) is 25.8 Å². The number of morpholine rings is 1. The molecule has 1 amide bonds. The van der Waals surface area contributed by atoms with Gasteiger partial charge in [-0.25, -0.2) is 0 Å². The lowest BCUT2D eigenvalue weighted by molar-refractivity contribution is -0.118. The highest BCUT2D eigenvalue weighted by Gasteiger charge is 2.26. The van der Waals surface area contributed by atoms with Gasteiger partial charge in [0, 0.05) is 12.6 Å². The van der Waals surface area contributed by atoms with Crippen molar-refractivity contribution in [3.8, 4) is 6.07 Å². The van der Waals surface area contributed by atoms with E-state index in [2.05, 4.69) is 17.6 Å². The molecule has 1 heterocycles. The summed E-state index contributed by atoms with van der Waals surface area (Å²) in [5.41, 5.74) is -0.233. The summed E-state index contributed by atoms with van der Waals surface area (Å²) in [4.78, 5) is 12.0. The first-order valence-corrected chi connectivity index (χ1v) is 7.02. The predicted octanol–water partition coefficient (Wildman–Crippen LogP) is 1.01. The summed E-state index contributed by atoms with van der Waals surface area (Å²) in [6.07, 6.45) is 2.82. The molecule has 6 heteroatoms. The van der Waals surface area contributed by atoms with Crippen LogP contribution in [0, 0.1) is 11.3 Å². The first-order valence-electron chi connectivity index (χ1n) is 7.02. The van der Waals surface area contributed by atoms with Crippen LogP contribution in [-0.2, 0) is 9.53 Å². The Balaban J connectivity index is 2.71. The monoisotopic (exact) mass is 281 g/mol. The van der Waals surface area contributed by atoms with Crippen LogP contribution in [0.3, 0.4) is 0 Å². The Kier molecular flexibility index (Phi) is 7.05. The van der Waals surface area contributed by atoms with Gasteiger partial charge in [0.05, 0.1) is 19.3 Å². The summed E-state index contributed by atoms with van der Waals surface area (Å²) in [6, 6.07) is 1.67. The third-order valence-electron chi connectivity index (χ3n) is 3.32. The maximum absolute atomic E-state index is 12.0. The van der Waals surface area contributed by atoms with E-state index in [1.807, 2.05) is 0 Å². The number of nitrogens with one attached hydrogen (secondary N) is 2. The van der Waals surface area contributed by atoms with Crippen LogP contribution >= 0.6 is 0 Å². The number of aliphatic hydroxyl groups is 1. The Bertz CT molecular complexity index is 391. The summed E-state index contributed by atoms with van der Waals surface area (Å²) < 4.78 is 5.42. The van der Waals surface area contributed by atoms with Crippen molar-refractivity contribution >= 4 is 5.91 Å². The second-order valence-electron chi connectivity index (χ2n) is 4.93. The zero-order chi connectivity index (χ0) is 15.0. The topological polar surface area (TPSA) is 94.4 Å². The number of hydrogen-bond donors (Lipinski definition) is 3. The Morgan fingerprint density at radius 1 is 1.65 bits per heavy atom.